The first kappa shape index (κ1) is 10.1. The van der Waals surface area contributed by atoms with Crippen LogP contribution >= 0.6 is 11.8 Å². The molecule has 2 rings (SSSR count). The van der Waals surface area contributed by atoms with Crippen molar-refractivity contribution in [3.8, 4) is 6.07 Å². The third-order valence-corrected chi connectivity index (χ3v) is 3.28. The molecule has 0 aliphatic carbocycles. The summed E-state index contributed by atoms with van der Waals surface area (Å²) in [7, 11) is 0. The van der Waals surface area contributed by atoms with Gasteiger partial charge in [-0.25, -0.2) is 0 Å². The maximum Gasteiger partial charge on any atom is 0.0991 e. The molecule has 15 heavy (non-hydrogen) atoms. The minimum Gasteiger partial charge on any atom is -0.361 e. The number of H-pyrrole nitrogens is 1. The molecule has 2 aromatic rings. The molecule has 3 heteroatoms. The number of nitriles is 1. The monoisotopic (exact) mass is 216 g/mol. The predicted octanol–water partition coefficient (Wildman–Crippen LogP) is 3.29. The molecule has 0 amide bonds. The highest BCUT2D eigenvalue weighted by atomic mass is 32.2. The van der Waals surface area contributed by atoms with Crippen LogP contribution in [-0.4, -0.2) is 10.7 Å². The Kier molecular flexibility index (Phi) is 2.98. The Morgan fingerprint density at radius 2 is 2.33 bits per heavy atom. The Morgan fingerprint density at radius 1 is 1.47 bits per heavy atom. The molecule has 0 aliphatic heterocycles. The summed E-state index contributed by atoms with van der Waals surface area (Å²) in [5.74, 6) is 2.12. The average molecular weight is 216 g/mol. The molecule has 0 saturated carbocycles. The third-order valence-electron chi connectivity index (χ3n) is 2.36. The van der Waals surface area contributed by atoms with E-state index in [1.807, 2.05) is 36.2 Å². The molecule has 0 atom stereocenters. The number of benzene rings is 1. The lowest BCUT2D eigenvalue weighted by Crippen LogP contribution is -1.79. The van der Waals surface area contributed by atoms with E-state index in [9.17, 15) is 0 Å². The summed E-state index contributed by atoms with van der Waals surface area (Å²) in [5, 5.41) is 10.0. The summed E-state index contributed by atoms with van der Waals surface area (Å²) in [6.45, 7) is 2.15. The zero-order valence-electron chi connectivity index (χ0n) is 8.58. The minimum atomic E-state index is 0.727. The van der Waals surface area contributed by atoms with Crippen LogP contribution in [0.4, 0.5) is 0 Å². The van der Waals surface area contributed by atoms with Crippen LogP contribution < -0.4 is 0 Å². The van der Waals surface area contributed by atoms with Gasteiger partial charge in [0.1, 0.15) is 0 Å². The van der Waals surface area contributed by atoms with Crippen LogP contribution in [0, 0.1) is 11.3 Å². The molecule has 1 heterocycles. The Bertz CT molecular complexity index is 508. The first-order valence-electron chi connectivity index (χ1n) is 4.93. The van der Waals surface area contributed by atoms with Gasteiger partial charge in [0, 0.05) is 22.9 Å². The van der Waals surface area contributed by atoms with Crippen LogP contribution in [-0.2, 0) is 5.75 Å². The molecule has 2 nitrogen and oxygen atoms in total. The first-order valence-corrected chi connectivity index (χ1v) is 6.08. The van der Waals surface area contributed by atoms with E-state index in [1.54, 1.807) is 0 Å². The van der Waals surface area contributed by atoms with Gasteiger partial charge in [0.15, 0.2) is 0 Å². The number of rotatable bonds is 3. The lowest BCUT2D eigenvalue weighted by molar-refractivity contribution is 1.39. The number of fused-ring (bicyclic) bond motifs is 1. The Balaban J connectivity index is 2.43. The van der Waals surface area contributed by atoms with Crippen LogP contribution in [0.2, 0.25) is 0 Å². The van der Waals surface area contributed by atoms with E-state index in [-0.39, 0.29) is 0 Å². The molecular formula is C12H12N2S. The zero-order valence-corrected chi connectivity index (χ0v) is 9.40. The van der Waals surface area contributed by atoms with Gasteiger partial charge in [0.05, 0.1) is 11.6 Å². The smallest absolute Gasteiger partial charge is 0.0991 e. The number of hydrogen-bond donors (Lipinski definition) is 1. The van der Waals surface area contributed by atoms with E-state index in [0.717, 1.165) is 22.6 Å². The summed E-state index contributed by atoms with van der Waals surface area (Å²) >= 11 is 1.89. The molecular weight excluding hydrogens is 204 g/mol. The van der Waals surface area contributed by atoms with E-state index < -0.39 is 0 Å². The molecule has 0 fully saturated rings. The second-order valence-electron chi connectivity index (χ2n) is 3.32. The molecule has 0 aliphatic rings. The highest BCUT2D eigenvalue weighted by Crippen LogP contribution is 2.23. The molecule has 0 bridgehead atoms. The quantitative estimate of drug-likeness (QED) is 0.855. The third kappa shape index (κ3) is 2.00. The molecule has 0 radical (unpaired) electrons. The number of aromatic nitrogens is 1. The molecule has 1 aromatic heterocycles. The van der Waals surface area contributed by atoms with Gasteiger partial charge in [-0.1, -0.05) is 6.92 Å². The largest absolute Gasteiger partial charge is 0.361 e. The molecule has 1 N–H and O–H groups in total. The lowest BCUT2D eigenvalue weighted by atomic mass is 10.1. The lowest BCUT2D eigenvalue weighted by Gasteiger charge is -1.97. The van der Waals surface area contributed by atoms with Gasteiger partial charge in [-0.15, -0.1) is 0 Å². The summed E-state index contributed by atoms with van der Waals surface area (Å²) in [6, 6.07) is 7.94. The number of nitrogens with one attached hydrogen (secondary N) is 1. The fourth-order valence-corrected chi connectivity index (χ4v) is 2.24. The van der Waals surface area contributed by atoms with Gasteiger partial charge >= 0.3 is 0 Å². The second-order valence-corrected chi connectivity index (χ2v) is 4.60. The van der Waals surface area contributed by atoms with Crippen LogP contribution in [0.15, 0.2) is 24.4 Å². The van der Waals surface area contributed by atoms with Gasteiger partial charge in [-0.3, -0.25) is 0 Å². The van der Waals surface area contributed by atoms with E-state index in [4.69, 9.17) is 5.26 Å². The summed E-state index contributed by atoms with van der Waals surface area (Å²) in [6.07, 6.45) is 2.04. The van der Waals surface area contributed by atoms with E-state index in [0.29, 0.717) is 0 Å². The van der Waals surface area contributed by atoms with E-state index in [1.165, 1.54) is 10.9 Å². The average Bonchev–Trinajstić information content (AvgIpc) is 2.68. The standard InChI is InChI=1S/C12H12N2S/c1-2-15-8-10-7-14-12-4-3-9(6-13)5-11(10)12/h3-5,7,14H,2,8H2,1H3. The fraction of sp³-hybridized carbons (Fsp3) is 0.250. The van der Waals surface area contributed by atoms with E-state index >= 15 is 0 Å². The fourth-order valence-electron chi connectivity index (χ4n) is 1.58. The molecule has 76 valence electrons. The van der Waals surface area contributed by atoms with Gasteiger partial charge < -0.3 is 4.98 Å². The van der Waals surface area contributed by atoms with Crippen molar-refractivity contribution in [2.75, 3.05) is 5.75 Å². The molecule has 0 saturated heterocycles. The minimum absolute atomic E-state index is 0.727. The van der Waals surface area contributed by atoms with Gasteiger partial charge in [0.2, 0.25) is 0 Å². The van der Waals surface area contributed by atoms with Crippen LogP contribution in [0.5, 0.6) is 0 Å². The van der Waals surface area contributed by atoms with Crippen molar-refractivity contribution in [2.45, 2.75) is 12.7 Å². The number of aromatic amines is 1. The van der Waals surface area contributed by atoms with Crippen molar-refractivity contribution in [3.05, 3.63) is 35.5 Å². The number of thioether (sulfide) groups is 1. The Hall–Kier alpha value is -1.40. The predicted molar refractivity (Wildman–Crippen MR) is 64.8 cm³/mol. The highest BCUT2D eigenvalue weighted by Gasteiger charge is 2.03. The van der Waals surface area contributed by atoms with Crippen molar-refractivity contribution < 1.29 is 0 Å². The van der Waals surface area contributed by atoms with Crippen molar-refractivity contribution in [2.24, 2.45) is 0 Å². The van der Waals surface area contributed by atoms with E-state index in [2.05, 4.69) is 18.0 Å². The van der Waals surface area contributed by atoms with Crippen molar-refractivity contribution in [3.63, 3.8) is 0 Å². The Morgan fingerprint density at radius 3 is 3.07 bits per heavy atom. The summed E-state index contributed by atoms with van der Waals surface area (Å²) in [4.78, 5) is 3.23. The molecule has 1 aromatic carbocycles. The first-order chi connectivity index (χ1) is 7.35. The molecule has 0 spiro atoms. The van der Waals surface area contributed by atoms with Crippen molar-refractivity contribution >= 4 is 22.7 Å². The normalized spacial score (nSPS) is 10.4. The van der Waals surface area contributed by atoms with Gasteiger partial charge in [-0.05, 0) is 29.5 Å². The van der Waals surface area contributed by atoms with Crippen molar-refractivity contribution in [1.82, 2.24) is 4.98 Å². The van der Waals surface area contributed by atoms with Gasteiger partial charge in [-0.2, -0.15) is 17.0 Å². The number of nitrogens with zero attached hydrogens (tertiary/aromatic N) is 1. The van der Waals surface area contributed by atoms with Gasteiger partial charge in [0.25, 0.3) is 0 Å². The van der Waals surface area contributed by atoms with Crippen LogP contribution in [0.3, 0.4) is 0 Å². The maximum absolute atomic E-state index is 8.84. The second kappa shape index (κ2) is 4.41. The van der Waals surface area contributed by atoms with Crippen molar-refractivity contribution in [1.29, 1.82) is 5.26 Å². The maximum atomic E-state index is 8.84. The highest BCUT2D eigenvalue weighted by molar-refractivity contribution is 7.98. The van der Waals surface area contributed by atoms with Crippen LogP contribution in [0.1, 0.15) is 18.1 Å². The Labute approximate surface area is 93.3 Å². The topological polar surface area (TPSA) is 39.6 Å². The zero-order chi connectivity index (χ0) is 10.7. The summed E-state index contributed by atoms with van der Waals surface area (Å²) in [5.41, 5.74) is 3.12. The SMILES string of the molecule is CCSCc1c[nH]c2ccc(C#N)cc12. The van der Waals surface area contributed by atoms with Crippen LogP contribution in [0.25, 0.3) is 10.9 Å². The summed E-state index contributed by atoms with van der Waals surface area (Å²) < 4.78 is 0. The molecule has 0 unspecified atom stereocenters. The number of hydrogen-bond acceptors (Lipinski definition) is 2.